The lowest BCUT2D eigenvalue weighted by atomic mass is 9.99. The Morgan fingerprint density at radius 1 is 0.889 bits per heavy atom. The van der Waals surface area contributed by atoms with Gasteiger partial charge in [-0.15, -0.1) is 12.4 Å². The van der Waals surface area contributed by atoms with Gasteiger partial charge >= 0.3 is 0 Å². The first-order valence-electron chi connectivity index (χ1n) is 12.5. The molecule has 0 bridgehead atoms. The molecule has 3 fully saturated rings. The molecule has 1 aliphatic carbocycles. The normalized spacial score (nSPS) is 20.6. The third-order valence-corrected chi connectivity index (χ3v) is 7.78. The third kappa shape index (κ3) is 3.97. The fourth-order valence-electron chi connectivity index (χ4n) is 5.69. The van der Waals surface area contributed by atoms with Crippen LogP contribution in [0, 0.1) is 23.2 Å². The van der Waals surface area contributed by atoms with Gasteiger partial charge in [-0.2, -0.15) is 10.4 Å². The van der Waals surface area contributed by atoms with Crippen LogP contribution >= 0.6 is 12.4 Å². The number of benzene rings is 1. The summed E-state index contributed by atoms with van der Waals surface area (Å²) in [5.41, 5.74) is 6.82. The first kappa shape index (κ1) is 22.8. The Kier molecular flexibility index (Phi) is 5.79. The van der Waals surface area contributed by atoms with E-state index in [1.807, 2.05) is 16.9 Å². The Labute approximate surface area is 216 Å². The Morgan fingerprint density at radius 3 is 2.33 bits per heavy atom. The van der Waals surface area contributed by atoms with Crippen molar-refractivity contribution in [3.8, 4) is 28.3 Å². The molecule has 0 radical (unpaired) electrons. The number of hydrogen-bond acceptors (Lipinski definition) is 6. The molecule has 8 heteroatoms. The van der Waals surface area contributed by atoms with Crippen molar-refractivity contribution in [3.63, 3.8) is 0 Å². The number of piperidine rings is 1. The van der Waals surface area contributed by atoms with Gasteiger partial charge in [-0.1, -0.05) is 12.1 Å². The number of nitrogens with one attached hydrogen (secondary N) is 1. The van der Waals surface area contributed by atoms with Crippen LogP contribution in [-0.4, -0.2) is 53.9 Å². The fourth-order valence-corrected chi connectivity index (χ4v) is 5.69. The number of hydrogen-bond donors (Lipinski definition) is 1. The maximum absolute atomic E-state index is 9.72. The number of piperazine rings is 1. The lowest BCUT2D eigenvalue weighted by molar-refractivity contribution is 0.589. The largest absolute Gasteiger partial charge is 0.369 e. The average Bonchev–Trinajstić information content (AvgIpc) is 3.32. The van der Waals surface area contributed by atoms with E-state index in [0.717, 1.165) is 84.7 Å². The average molecular weight is 498 g/mol. The molecule has 3 aliphatic rings. The molecule has 2 unspecified atom stereocenters. The Bertz CT molecular complexity index is 1420. The van der Waals surface area contributed by atoms with Crippen LogP contribution in [0.3, 0.4) is 0 Å². The smallest absolute Gasteiger partial charge is 0.128 e. The van der Waals surface area contributed by atoms with E-state index in [2.05, 4.69) is 68.7 Å². The number of halogens is 1. The molecule has 0 amide bonds. The summed E-state index contributed by atoms with van der Waals surface area (Å²) in [6.07, 6.45) is 6.99. The van der Waals surface area contributed by atoms with Crippen LogP contribution in [0.2, 0.25) is 0 Å². The van der Waals surface area contributed by atoms with Gasteiger partial charge in [-0.25, -0.2) is 9.50 Å². The molecule has 3 aromatic heterocycles. The van der Waals surface area contributed by atoms with Crippen molar-refractivity contribution in [2.45, 2.75) is 6.42 Å². The van der Waals surface area contributed by atoms with Crippen LogP contribution in [0.25, 0.3) is 27.8 Å². The van der Waals surface area contributed by atoms with Crippen molar-refractivity contribution in [3.05, 3.63) is 66.6 Å². The highest BCUT2D eigenvalue weighted by Crippen LogP contribution is 2.46. The van der Waals surface area contributed by atoms with Gasteiger partial charge in [0.15, 0.2) is 0 Å². The molecule has 2 aliphatic heterocycles. The van der Waals surface area contributed by atoms with Crippen LogP contribution in [0.15, 0.2) is 61.1 Å². The number of rotatable bonds is 4. The second-order valence-electron chi connectivity index (χ2n) is 9.96. The first-order valence-corrected chi connectivity index (χ1v) is 12.5. The zero-order valence-electron chi connectivity index (χ0n) is 20.0. The van der Waals surface area contributed by atoms with Crippen molar-refractivity contribution in [2.75, 3.05) is 49.1 Å². The maximum Gasteiger partial charge on any atom is 0.128 e. The molecule has 5 heterocycles. The molecule has 7 nitrogen and oxygen atoms in total. The van der Waals surface area contributed by atoms with E-state index >= 15 is 0 Å². The minimum atomic E-state index is 0. The van der Waals surface area contributed by atoms with E-state index in [1.165, 1.54) is 12.1 Å². The highest BCUT2D eigenvalue weighted by molar-refractivity contribution is 5.87. The summed E-state index contributed by atoms with van der Waals surface area (Å²) in [6, 6.07) is 17.5. The topological polar surface area (TPSA) is 72.5 Å². The summed E-state index contributed by atoms with van der Waals surface area (Å²) < 4.78 is 1.83. The van der Waals surface area contributed by atoms with E-state index < -0.39 is 0 Å². The molecule has 2 saturated heterocycles. The molecule has 4 aromatic rings. The summed E-state index contributed by atoms with van der Waals surface area (Å²) >= 11 is 0. The highest BCUT2D eigenvalue weighted by atomic mass is 35.5. The predicted molar refractivity (Wildman–Crippen MR) is 145 cm³/mol. The Hall–Kier alpha value is -3.60. The Morgan fingerprint density at radius 2 is 1.64 bits per heavy atom. The minimum Gasteiger partial charge on any atom is -0.369 e. The van der Waals surface area contributed by atoms with Crippen LogP contribution in [0.1, 0.15) is 12.0 Å². The zero-order valence-corrected chi connectivity index (χ0v) is 20.8. The van der Waals surface area contributed by atoms with Crippen LogP contribution in [-0.2, 0) is 0 Å². The lowest BCUT2D eigenvalue weighted by Gasteiger charge is -2.29. The molecular weight excluding hydrogens is 470 g/mol. The van der Waals surface area contributed by atoms with Gasteiger partial charge < -0.3 is 15.1 Å². The van der Waals surface area contributed by atoms with Gasteiger partial charge in [0.2, 0.25) is 0 Å². The van der Waals surface area contributed by atoms with Gasteiger partial charge in [0.1, 0.15) is 11.9 Å². The summed E-state index contributed by atoms with van der Waals surface area (Å²) in [5.74, 6) is 2.79. The summed E-state index contributed by atoms with van der Waals surface area (Å²) in [7, 11) is 0. The van der Waals surface area contributed by atoms with E-state index in [4.69, 9.17) is 4.98 Å². The van der Waals surface area contributed by atoms with Crippen molar-refractivity contribution < 1.29 is 0 Å². The molecule has 1 aromatic carbocycles. The van der Waals surface area contributed by atoms with Crippen molar-refractivity contribution in [2.24, 2.45) is 11.8 Å². The minimum absolute atomic E-state index is 0. The first-order chi connectivity index (χ1) is 17.3. The summed E-state index contributed by atoms with van der Waals surface area (Å²) in [6.45, 7) is 6.36. The second-order valence-corrected chi connectivity index (χ2v) is 9.96. The van der Waals surface area contributed by atoms with Crippen molar-refractivity contribution >= 4 is 29.4 Å². The molecule has 1 N–H and O–H groups in total. The SMILES string of the molecule is Cl.N#Cc1cnn2cc(-c3ccc(N4CCNCC4)cc3)cc(-c3ccc(N4CC5CC5C4)nc3)c12. The molecule has 1 saturated carbocycles. The number of aromatic nitrogens is 3. The predicted octanol–water partition coefficient (Wildman–Crippen LogP) is 4.22. The lowest BCUT2D eigenvalue weighted by Crippen LogP contribution is -2.43. The highest BCUT2D eigenvalue weighted by Gasteiger charge is 2.45. The fraction of sp³-hybridized carbons (Fsp3) is 0.321. The summed E-state index contributed by atoms with van der Waals surface area (Å²) in [5, 5.41) is 17.6. The van der Waals surface area contributed by atoms with Gasteiger partial charge in [0.25, 0.3) is 0 Å². The number of nitriles is 1. The van der Waals surface area contributed by atoms with Crippen LogP contribution in [0.4, 0.5) is 11.5 Å². The molecule has 36 heavy (non-hydrogen) atoms. The van der Waals surface area contributed by atoms with Gasteiger partial charge in [-0.3, -0.25) is 0 Å². The molecule has 7 rings (SSSR count). The molecule has 2 atom stereocenters. The monoisotopic (exact) mass is 497 g/mol. The molecule has 182 valence electrons. The quantitative estimate of drug-likeness (QED) is 0.455. The third-order valence-electron chi connectivity index (χ3n) is 7.78. The van der Waals surface area contributed by atoms with Crippen molar-refractivity contribution in [1.29, 1.82) is 5.26 Å². The molecule has 0 spiro atoms. The zero-order chi connectivity index (χ0) is 23.4. The number of fused-ring (bicyclic) bond motifs is 2. The second kappa shape index (κ2) is 9.12. The number of nitrogens with zero attached hydrogens (tertiary/aromatic N) is 6. The van der Waals surface area contributed by atoms with E-state index in [1.54, 1.807) is 6.20 Å². The number of anilines is 2. The number of pyridine rings is 2. The Balaban J connectivity index is 0.00000240. The van der Waals surface area contributed by atoms with E-state index in [-0.39, 0.29) is 12.4 Å². The van der Waals surface area contributed by atoms with Crippen molar-refractivity contribution in [1.82, 2.24) is 19.9 Å². The maximum atomic E-state index is 9.72. The van der Waals surface area contributed by atoms with Gasteiger partial charge in [0, 0.05) is 74.0 Å². The van der Waals surface area contributed by atoms with Gasteiger partial charge in [0.05, 0.1) is 17.3 Å². The molecular formula is C28H28ClN7. The van der Waals surface area contributed by atoms with E-state index in [9.17, 15) is 5.26 Å². The van der Waals surface area contributed by atoms with Gasteiger partial charge in [-0.05, 0) is 54.2 Å². The van der Waals surface area contributed by atoms with Crippen LogP contribution < -0.4 is 15.1 Å². The standard InChI is InChI=1S/C28H27N7.ClH/c29-13-24-15-32-35-18-23(19-1-4-25(5-2-19)33-9-7-30-8-10-33)12-26(28(24)35)20-3-6-27(31-14-20)34-16-21-11-22(21)17-34;/h1-6,12,14-15,18,21-22,30H,7-11,16-17H2;1H. The van der Waals surface area contributed by atoms with Crippen LogP contribution in [0.5, 0.6) is 0 Å². The summed E-state index contributed by atoms with van der Waals surface area (Å²) in [4.78, 5) is 9.62. The van der Waals surface area contributed by atoms with E-state index in [0.29, 0.717) is 5.56 Å².